The Morgan fingerprint density at radius 2 is 1.78 bits per heavy atom. The third-order valence-corrected chi connectivity index (χ3v) is 6.13. The molecule has 146 valence electrons. The van der Waals surface area contributed by atoms with Gasteiger partial charge in [0.2, 0.25) is 11.8 Å². The zero-order chi connectivity index (χ0) is 19.0. The lowest BCUT2D eigenvalue weighted by Gasteiger charge is -2.37. The first kappa shape index (κ1) is 18.3. The number of methoxy groups -OCH3 is 1. The lowest BCUT2D eigenvalue weighted by molar-refractivity contribution is -0.135. The van der Waals surface area contributed by atoms with E-state index in [9.17, 15) is 9.59 Å². The first-order valence-electron chi connectivity index (χ1n) is 10.0. The number of hydrogen-bond donors (Lipinski definition) is 1. The number of carbonyl (C=O) groups excluding carboxylic acids is 2. The van der Waals surface area contributed by atoms with Gasteiger partial charge in [0.15, 0.2) is 0 Å². The van der Waals surface area contributed by atoms with Crippen molar-refractivity contribution < 1.29 is 14.3 Å². The Balaban J connectivity index is 1.25. The SMILES string of the molecule is COc1ccc([C@@H]2C[C@H]2C(=O)N2CCN(C(C)C(=O)NC3CC3)CC2)cc1. The van der Waals surface area contributed by atoms with Gasteiger partial charge < -0.3 is 15.0 Å². The van der Waals surface area contributed by atoms with Crippen molar-refractivity contribution in [3.63, 3.8) is 0 Å². The van der Waals surface area contributed by atoms with Crippen molar-refractivity contribution in [2.45, 2.75) is 44.2 Å². The van der Waals surface area contributed by atoms with E-state index in [1.54, 1.807) is 7.11 Å². The summed E-state index contributed by atoms with van der Waals surface area (Å²) >= 11 is 0. The molecule has 1 aromatic carbocycles. The molecule has 1 heterocycles. The number of amides is 2. The minimum Gasteiger partial charge on any atom is -0.497 e. The summed E-state index contributed by atoms with van der Waals surface area (Å²) in [5, 5.41) is 3.08. The van der Waals surface area contributed by atoms with Crippen LogP contribution in [0.3, 0.4) is 0 Å². The van der Waals surface area contributed by atoms with Gasteiger partial charge in [0, 0.05) is 38.1 Å². The van der Waals surface area contributed by atoms with Crippen molar-refractivity contribution in [2.75, 3.05) is 33.3 Å². The van der Waals surface area contributed by atoms with Crippen LogP contribution in [0.25, 0.3) is 0 Å². The molecule has 1 unspecified atom stereocenters. The van der Waals surface area contributed by atoms with Crippen molar-refractivity contribution in [2.24, 2.45) is 5.92 Å². The molecule has 0 aromatic heterocycles. The highest BCUT2D eigenvalue weighted by Crippen LogP contribution is 2.48. The Hall–Kier alpha value is -2.08. The lowest BCUT2D eigenvalue weighted by atomic mass is 10.1. The molecule has 2 aliphatic carbocycles. The van der Waals surface area contributed by atoms with Gasteiger partial charge in [0.05, 0.1) is 13.2 Å². The zero-order valence-corrected chi connectivity index (χ0v) is 16.2. The number of benzene rings is 1. The van der Waals surface area contributed by atoms with Crippen molar-refractivity contribution in [1.29, 1.82) is 0 Å². The Morgan fingerprint density at radius 1 is 1.11 bits per heavy atom. The second kappa shape index (κ2) is 7.50. The van der Waals surface area contributed by atoms with Crippen molar-refractivity contribution >= 4 is 11.8 Å². The van der Waals surface area contributed by atoms with Gasteiger partial charge in [-0.15, -0.1) is 0 Å². The van der Waals surface area contributed by atoms with E-state index in [4.69, 9.17) is 4.74 Å². The summed E-state index contributed by atoms with van der Waals surface area (Å²) in [6.45, 7) is 4.93. The maximum Gasteiger partial charge on any atom is 0.237 e. The van der Waals surface area contributed by atoms with Gasteiger partial charge in [-0.25, -0.2) is 0 Å². The fraction of sp³-hybridized carbons (Fsp3) is 0.619. The van der Waals surface area contributed by atoms with E-state index in [0.29, 0.717) is 25.0 Å². The van der Waals surface area contributed by atoms with Crippen LogP contribution < -0.4 is 10.1 Å². The minimum atomic E-state index is -0.115. The Morgan fingerprint density at radius 3 is 2.37 bits per heavy atom. The average Bonchev–Trinajstić information content (AvgIpc) is 3.62. The first-order chi connectivity index (χ1) is 13.1. The second-order valence-electron chi connectivity index (χ2n) is 8.04. The molecule has 6 nitrogen and oxygen atoms in total. The van der Waals surface area contributed by atoms with Crippen molar-refractivity contribution in [1.82, 2.24) is 15.1 Å². The Bertz CT molecular complexity index is 693. The molecule has 1 saturated heterocycles. The van der Waals surface area contributed by atoms with Gasteiger partial charge in [-0.2, -0.15) is 0 Å². The molecule has 0 radical (unpaired) electrons. The lowest BCUT2D eigenvalue weighted by Crippen LogP contribution is -2.55. The highest BCUT2D eigenvalue weighted by molar-refractivity contribution is 5.83. The minimum absolute atomic E-state index is 0.112. The van der Waals surface area contributed by atoms with E-state index in [2.05, 4.69) is 22.3 Å². The van der Waals surface area contributed by atoms with Gasteiger partial charge in [-0.3, -0.25) is 14.5 Å². The number of hydrogen-bond acceptors (Lipinski definition) is 4. The predicted octanol–water partition coefficient (Wildman–Crippen LogP) is 1.61. The fourth-order valence-corrected chi connectivity index (χ4v) is 3.97. The number of carbonyl (C=O) groups is 2. The van der Waals surface area contributed by atoms with E-state index in [-0.39, 0.29) is 23.8 Å². The molecule has 3 atom stereocenters. The number of ether oxygens (including phenoxy) is 1. The molecule has 2 amide bonds. The van der Waals surface area contributed by atoms with E-state index >= 15 is 0 Å². The molecule has 4 rings (SSSR count). The number of nitrogens with one attached hydrogen (secondary N) is 1. The fourth-order valence-electron chi connectivity index (χ4n) is 3.97. The van der Waals surface area contributed by atoms with Crippen LogP contribution in [0.1, 0.15) is 37.7 Å². The van der Waals surface area contributed by atoms with Gasteiger partial charge in [-0.05, 0) is 49.8 Å². The summed E-state index contributed by atoms with van der Waals surface area (Å²) in [5.74, 6) is 1.69. The van der Waals surface area contributed by atoms with Crippen LogP contribution in [0.15, 0.2) is 24.3 Å². The summed E-state index contributed by atoms with van der Waals surface area (Å²) in [5.41, 5.74) is 1.22. The first-order valence-corrected chi connectivity index (χ1v) is 10.0. The number of nitrogens with zero attached hydrogens (tertiary/aromatic N) is 2. The molecular formula is C21H29N3O3. The van der Waals surface area contributed by atoms with E-state index in [1.165, 1.54) is 5.56 Å². The quantitative estimate of drug-likeness (QED) is 0.825. The van der Waals surface area contributed by atoms with Crippen LogP contribution in [0.5, 0.6) is 5.75 Å². The summed E-state index contributed by atoms with van der Waals surface area (Å²) in [4.78, 5) is 29.2. The van der Waals surface area contributed by atoms with Crippen LogP contribution in [0.2, 0.25) is 0 Å². The molecule has 1 aliphatic heterocycles. The smallest absolute Gasteiger partial charge is 0.237 e. The Labute approximate surface area is 160 Å². The molecule has 6 heteroatoms. The third-order valence-electron chi connectivity index (χ3n) is 6.13. The zero-order valence-electron chi connectivity index (χ0n) is 16.2. The summed E-state index contributed by atoms with van der Waals surface area (Å²) < 4.78 is 5.20. The van der Waals surface area contributed by atoms with Crippen molar-refractivity contribution in [3.8, 4) is 5.75 Å². The topological polar surface area (TPSA) is 61.9 Å². The van der Waals surface area contributed by atoms with Crippen LogP contribution in [0, 0.1) is 5.92 Å². The van der Waals surface area contributed by atoms with Crippen LogP contribution >= 0.6 is 0 Å². The normalized spacial score (nSPS) is 26.4. The van der Waals surface area contributed by atoms with Crippen LogP contribution in [0.4, 0.5) is 0 Å². The second-order valence-corrected chi connectivity index (χ2v) is 8.04. The molecule has 0 bridgehead atoms. The van der Waals surface area contributed by atoms with Gasteiger partial charge in [0.25, 0.3) is 0 Å². The van der Waals surface area contributed by atoms with Gasteiger partial charge in [0.1, 0.15) is 5.75 Å². The highest BCUT2D eigenvalue weighted by atomic mass is 16.5. The largest absolute Gasteiger partial charge is 0.497 e. The van der Waals surface area contributed by atoms with E-state index < -0.39 is 0 Å². The number of piperazine rings is 1. The molecule has 3 fully saturated rings. The average molecular weight is 371 g/mol. The highest BCUT2D eigenvalue weighted by Gasteiger charge is 2.46. The molecule has 3 aliphatic rings. The van der Waals surface area contributed by atoms with Gasteiger partial charge in [-0.1, -0.05) is 12.1 Å². The molecule has 1 N–H and O–H groups in total. The summed E-state index contributed by atoms with van der Waals surface area (Å²) in [6.07, 6.45) is 3.15. The molecule has 0 spiro atoms. The standard InChI is InChI=1S/C21H29N3O3/c1-14(20(25)22-16-5-6-16)23-9-11-24(12-10-23)21(26)19-13-18(19)15-3-7-17(27-2)8-4-15/h3-4,7-8,14,16,18-19H,5-6,9-13H2,1-2H3,(H,22,25)/t14?,18-,19+/m0/s1. The molecule has 2 saturated carbocycles. The van der Waals surface area contributed by atoms with Crippen LogP contribution in [-0.2, 0) is 9.59 Å². The number of rotatable bonds is 6. The molecule has 27 heavy (non-hydrogen) atoms. The molecular weight excluding hydrogens is 342 g/mol. The maximum atomic E-state index is 12.8. The predicted molar refractivity (Wildman–Crippen MR) is 103 cm³/mol. The molecule has 1 aromatic rings. The van der Waals surface area contributed by atoms with E-state index in [0.717, 1.165) is 38.1 Å². The summed E-state index contributed by atoms with van der Waals surface area (Å²) in [7, 11) is 1.66. The Kier molecular flexibility index (Phi) is 5.08. The van der Waals surface area contributed by atoms with Gasteiger partial charge >= 0.3 is 0 Å². The maximum absolute atomic E-state index is 12.8. The van der Waals surface area contributed by atoms with Crippen LogP contribution in [-0.4, -0.2) is 67.0 Å². The van der Waals surface area contributed by atoms with E-state index in [1.807, 2.05) is 24.0 Å². The third kappa shape index (κ3) is 4.10. The summed E-state index contributed by atoms with van der Waals surface area (Å²) in [6, 6.07) is 8.33. The van der Waals surface area contributed by atoms with Crippen molar-refractivity contribution in [3.05, 3.63) is 29.8 Å². The monoisotopic (exact) mass is 371 g/mol.